The number of fused-ring (bicyclic) bond motifs is 3. The molecule has 2 N–H and O–H groups in total. The fourth-order valence-corrected chi connectivity index (χ4v) is 3.11. The Hall–Kier alpha value is -1.68. The zero-order valence-corrected chi connectivity index (χ0v) is 11.3. The van der Waals surface area contributed by atoms with Crippen LogP contribution < -0.4 is 4.74 Å². The van der Waals surface area contributed by atoms with Crippen LogP contribution in [0, 0.1) is 5.92 Å². The zero-order chi connectivity index (χ0) is 13.6. The number of aliphatic carboxylic acids is 1. The van der Waals surface area contributed by atoms with Crippen LogP contribution in [0.15, 0.2) is 12.1 Å². The van der Waals surface area contributed by atoms with Crippen LogP contribution in [0.5, 0.6) is 5.75 Å². The first kappa shape index (κ1) is 12.4. The number of nitrogens with one attached hydrogen (secondary N) is 1. The number of rotatable bonds is 2. The lowest BCUT2D eigenvalue weighted by Crippen LogP contribution is -2.21. The molecule has 3 rings (SSSR count). The van der Waals surface area contributed by atoms with E-state index in [9.17, 15) is 9.90 Å². The van der Waals surface area contributed by atoms with Crippen LogP contribution in [-0.4, -0.2) is 23.2 Å². The highest BCUT2D eigenvalue weighted by atomic mass is 35.5. The lowest BCUT2D eigenvalue weighted by atomic mass is 9.86. The van der Waals surface area contributed by atoms with Crippen molar-refractivity contribution in [2.75, 3.05) is 7.11 Å². The molecule has 0 saturated heterocycles. The summed E-state index contributed by atoms with van der Waals surface area (Å²) < 4.78 is 5.33. The molecule has 0 fully saturated rings. The van der Waals surface area contributed by atoms with Gasteiger partial charge in [0.1, 0.15) is 5.75 Å². The second kappa shape index (κ2) is 4.46. The van der Waals surface area contributed by atoms with E-state index >= 15 is 0 Å². The van der Waals surface area contributed by atoms with Crippen molar-refractivity contribution < 1.29 is 14.6 Å². The number of aromatic nitrogens is 1. The predicted octanol–water partition coefficient (Wildman–Crippen LogP) is 3.02. The fraction of sp³-hybridized carbons (Fsp3) is 0.357. The first-order chi connectivity index (χ1) is 9.11. The maximum absolute atomic E-state index is 11.2. The van der Waals surface area contributed by atoms with Crippen molar-refractivity contribution in [3.63, 3.8) is 0 Å². The monoisotopic (exact) mass is 279 g/mol. The van der Waals surface area contributed by atoms with Gasteiger partial charge in [-0.25, -0.2) is 0 Å². The molecule has 0 radical (unpaired) electrons. The van der Waals surface area contributed by atoms with E-state index in [2.05, 4.69) is 4.98 Å². The van der Waals surface area contributed by atoms with Gasteiger partial charge in [-0.3, -0.25) is 4.79 Å². The van der Waals surface area contributed by atoms with Crippen LogP contribution in [0.4, 0.5) is 0 Å². The van der Waals surface area contributed by atoms with Gasteiger partial charge in [0.25, 0.3) is 0 Å². The number of H-pyrrole nitrogens is 1. The van der Waals surface area contributed by atoms with E-state index < -0.39 is 5.97 Å². The number of methoxy groups -OCH3 is 1. The molecule has 1 aromatic heterocycles. The number of carbonyl (C=O) groups is 1. The third kappa shape index (κ3) is 1.87. The second-order valence-corrected chi connectivity index (χ2v) is 5.27. The number of hydrogen-bond acceptors (Lipinski definition) is 2. The molecule has 0 saturated carbocycles. The van der Waals surface area contributed by atoms with Crippen molar-refractivity contribution in [2.24, 2.45) is 5.92 Å². The zero-order valence-electron chi connectivity index (χ0n) is 10.5. The number of benzene rings is 1. The molecule has 0 spiro atoms. The molecule has 5 heteroatoms. The van der Waals surface area contributed by atoms with E-state index in [0.29, 0.717) is 17.9 Å². The van der Waals surface area contributed by atoms with Crippen molar-refractivity contribution in [3.05, 3.63) is 28.4 Å². The summed E-state index contributed by atoms with van der Waals surface area (Å²) in [7, 11) is 1.61. The number of aromatic amines is 1. The van der Waals surface area contributed by atoms with Gasteiger partial charge < -0.3 is 14.8 Å². The van der Waals surface area contributed by atoms with Gasteiger partial charge in [0.2, 0.25) is 0 Å². The van der Waals surface area contributed by atoms with Crippen molar-refractivity contribution in [3.8, 4) is 5.75 Å². The summed E-state index contributed by atoms with van der Waals surface area (Å²) in [4.78, 5) is 14.5. The minimum atomic E-state index is -0.737. The van der Waals surface area contributed by atoms with Gasteiger partial charge >= 0.3 is 5.97 Å². The Kier molecular flexibility index (Phi) is 2.90. The molecule has 1 unspecified atom stereocenters. The summed E-state index contributed by atoms with van der Waals surface area (Å²) in [6.45, 7) is 0. The normalized spacial score (nSPS) is 18.3. The minimum absolute atomic E-state index is 0.325. The molecule has 1 aromatic carbocycles. The summed E-state index contributed by atoms with van der Waals surface area (Å²) in [6, 6.07) is 3.61. The molecule has 2 aromatic rings. The summed E-state index contributed by atoms with van der Waals surface area (Å²) in [5.74, 6) is -0.325. The Morgan fingerprint density at radius 2 is 2.32 bits per heavy atom. The Bertz CT molecular complexity index is 662. The molecule has 1 aliphatic carbocycles. The van der Waals surface area contributed by atoms with Crippen molar-refractivity contribution in [1.29, 1.82) is 0 Å². The lowest BCUT2D eigenvalue weighted by Gasteiger charge is -2.18. The largest absolute Gasteiger partial charge is 0.495 e. The number of aryl methyl sites for hydroxylation is 1. The molecular formula is C14H14ClNO3. The average molecular weight is 280 g/mol. The highest BCUT2D eigenvalue weighted by Crippen LogP contribution is 2.39. The third-order valence-electron chi connectivity index (χ3n) is 3.82. The van der Waals surface area contributed by atoms with Crippen molar-refractivity contribution >= 4 is 28.5 Å². The molecule has 0 amide bonds. The van der Waals surface area contributed by atoms with E-state index in [1.54, 1.807) is 13.2 Å². The lowest BCUT2D eigenvalue weighted by molar-refractivity contribution is -0.142. The van der Waals surface area contributed by atoms with Crippen molar-refractivity contribution in [2.45, 2.75) is 19.3 Å². The van der Waals surface area contributed by atoms with Gasteiger partial charge in [-0.1, -0.05) is 11.6 Å². The van der Waals surface area contributed by atoms with Gasteiger partial charge in [-0.15, -0.1) is 0 Å². The van der Waals surface area contributed by atoms with Gasteiger partial charge in [-0.05, 0) is 37.0 Å². The molecule has 0 aliphatic heterocycles. The van der Waals surface area contributed by atoms with E-state index in [0.717, 1.165) is 34.3 Å². The summed E-state index contributed by atoms with van der Waals surface area (Å²) >= 11 is 6.27. The molecule has 19 heavy (non-hydrogen) atoms. The van der Waals surface area contributed by atoms with E-state index in [1.807, 2.05) is 6.07 Å². The maximum atomic E-state index is 11.2. The molecule has 1 atom stereocenters. The number of ether oxygens (including phenoxy) is 1. The standard InChI is InChI=1S/C14H14ClNO3/c1-19-11-5-3-9(15)12-8-6-7(14(17)18)2-4-10(8)16-13(11)12/h3,5,7,16H,2,4,6H2,1H3,(H,17,18). The smallest absolute Gasteiger partial charge is 0.306 e. The quantitative estimate of drug-likeness (QED) is 0.888. The van der Waals surface area contributed by atoms with Gasteiger partial charge in [0, 0.05) is 11.1 Å². The summed E-state index contributed by atoms with van der Waals surface area (Å²) in [5, 5.41) is 10.7. The van der Waals surface area contributed by atoms with Crippen LogP contribution in [0.2, 0.25) is 5.02 Å². The van der Waals surface area contributed by atoms with Gasteiger partial charge in [-0.2, -0.15) is 0 Å². The Morgan fingerprint density at radius 1 is 1.53 bits per heavy atom. The molecule has 100 valence electrons. The van der Waals surface area contributed by atoms with Crippen LogP contribution in [0.25, 0.3) is 10.9 Å². The number of carboxylic acids is 1. The maximum Gasteiger partial charge on any atom is 0.306 e. The first-order valence-corrected chi connectivity index (χ1v) is 6.58. The minimum Gasteiger partial charge on any atom is -0.495 e. The van der Waals surface area contributed by atoms with Crippen LogP contribution >= 0.6 is 11.6 Å². The van der Waals surface area contributed by atoms with Crippen LogP contribution in [0.3, 0.4) is 0 Å². The van der Waals surface area contributed by atoms with Gasteiger partial charge in [0.15, 0.2) is 0 Å². The Labute approximate surface area is 115 Å². The fourth-order valence-electron chi connectivity index (χ4n) is 2.84. The van der Waals surface area contributed by atoms with Crippen molar-refractivity contribution in [1.82, 2.24) is 4.98 Å². The highest BCUT2D eigenvalue weighted by molar-refractivity contribution is 6.36. The third-order valence-corrected chi connectivity index (χ3v) is 4.14. The SMILES string of the molecule is COc1ccc(Cl)c2c3c([nH]c12)CCC(C(=O)O)C3. The number of hydrogen-bond donors (Lipinski definition) is 2. The predicted molar refractivity (Wildman–Crippen MR) is 73.0 cm³/mol. The molecule has 1 aliphatic rings. The second-order valence-electron chi connectivity index (χ2n) is 4.86. The average Bonchev–Trinajstić information content (AvgIpc) is 2.78. The molecule has 4 nitrogen and oxygen atoms in total. The van der Waals surface area contributed by atoms with E-state index in [1.165, 1.54) is 0 Å². The number of carboxylic acid groups (broad SMARTS) is 1. The Balaban J connectivity index is 2.20. The molecular weight excluding hydrogens is 266 g/mol. The van der Waals surface area contributed by atoms with E-state index in [-0.39, 0.29) is 5.92 Å². The summed E-state index contributed by atoms with van der Waals surface area (Å²) in [6.07, 6.45) is 1.92. The first-order valence-electron chi connectivity index (χ1n) is 6.20. The summed E-state index contributed by atoms with van der Waals surface area (Å²) in [5.41, 5.74) is 2.97. The van der Waals surface area contributed by atoms with Gasteiger partial charge in [0.05, 0.1) is 23.6 Å². The number of halogens is 1. The van der Waals surface area contributed by atoms with Crippen LogP contribution in [0.1, 0.15) is 17.7 Å². The molecule has 1 heterocycles. The van der Waals surface area contributed by atoms with Crippen LogP contribution in [-0.2, 0) is 17.6 Å². The molecule has 0 bridgehead atoms. The highest BCUT2D eigenvalue weighted by Gasteiger charge is 2.28. The van der Waals surface area contributed by atoms with E-state index in [4.69, 9.17) is 16.3 Å². The Morgan fingerprint density at radius 3 is 3.00 bits per heavy atom. The topological polar surface area (TPSA) is 62.3 Å².